The molecule has 1 unspecified atom stereocenters. The van der Waals surface area contributed by atoms with Gasteiger partial charge in [0.2, 0.25) is 0 Å². The van der Waals surface area contributed by atoms with Crippen LogP contribution in [0.4, 0.5) is 4.39 Å². The molecule has 1 aromatic heterocycles. The zero-order valence-electron chi connectivity index (χ0n) is 19.5. The lowest BCUT2D eigenvalue weighted by molar-refractivity contribution is 0.0779. The first-order valence-electron chi connectivity index (χ1n) is 11.1. The van der Waals surface area contributed by atoms with Gasteiger partial charge in [-0.3, -0.25) is 9.48 Å². The number of halogens is 1. The Morgan fingerprint density at radius 1 is 1.18 bits per heavy atom. The van der Waals surface area contributed by atoms with Gasteiger partial charge in [0.25, 0.3) is 5.91 Å². The molecule has 0 N–H and O–H groups in total. The van der Waals surface area contributed by atoms with Gasteiger partial charge in [-0.05, 0) is 50.1 Å². The van der Waals surface area contributed by atoms with Crippen LogP contribution in [0.1, 0.15) is 45.3 Å². The summed E-state index contributed by atoms with van der Waals surface area (Å²) in [5.74, 6) is 0.207. The first-order valence-corrected chi connectivity index (χ1v) is 12.9. The van der Waals surface area contributed by atoms with Gasteiger partial charge >= 0.3 is 0 Å². The summed E-state index contributed by atoms with van der Waals surface area (Å²) in [6.07, 6.45) is 0.553. The average Bonchev–Trinajstić information content (AvgIpc) is 3.31. The fourth-order valence-corrected chi connectivity index (χ4v) is 5.97. The number of para-hydroxylation sites is 1. The molecule has 3 aromatic rings. The monoisotopic (exact) mass is 485 g/mol. The third-order valence-electron chi connectivity index (χ3n) is 6.20. The van der Waals surface area contributed by atoms with Gasteiger partial charge in [0.15, 0.2) is 9.84 Å². The van der Waals surface area contributed by atoms with E-state index >= 15 is 0 Å². The molecule has 34 heavy (non-hydrogen) atoms. The van der Waals surface area contributed by atoms with Crippen LogP contribution in [0.2, 0.25) is 0 Å². The van der Waals surface area contributed by atoms with Gasteiger partial charge in [-0.15, -0.1) is 0 Å². The predicted molar refractivity (Wildman–Crippen MR) is 127 cm³/mol. The van der Waals surface area contributed by atoms with E-state index in [1.165, 1.54) is 12.1 Å². The first kappa shape index (κ1) is 23.9. The number of hydrogen-bond donors (Lipinski definition) is 0. The second kappa shape index (κ2) is 9.58. The van der Waals surface area contributed by atoms with Crippen LogP contribution in [-0.2, 0) is 23.0 Å². The molecule has 180 valence electrons. The molecule has 1 saturated heterocycles. The third-order valence-corrected chi connectivity index (χ3v) is 7.95. The summed E-state index contributed by atoms with van der Waals surface area (Å²) in [6, 6.07) is 12.9. The van der Waals surface area contributed by atoms with Crippen molar-refractivity contribution in [3.63, 3.8) is 0 Å². The molecule has 0 bridgehead atoms. The van der Waals surface area contributed by atoms with Crippen LogP contribution in [0.5, 0.6) is 5.75 Å². The van der Waals surface area contributed by atoms with Crippen LogP contribution < -0.4 is 4.74 Å². The summed E-state index contributed by atoms with van der Waals surface area (Å²) >= 11 is 0. The molecule has 0 aliphatic carbocycles. The Morgan fingerprint density at radius 3 is 2.56 bits per heavy atom. The molecule has 0 saturated carbocycles. The minimum Gasteiger partial charge on any atom is -0.488 e. The Balaban J connectivity index is 1.49. The smallest absolute Gasteiger partial charge is 0.257 e. The molecule has 9 heteroatoms. The lowest BCUT2D eigenvalue weighted by atomic mass is 10.1. The van der Waals surface area contributed by atoms with Crippen molar-refractivity contribution < 1.29 is 22.3 Å². The molecule has 0 radical (unpaired) electrons. The van der Waals surface area contributed by atoms with E-state index in [1.54, 1.807) is 53.0 Å². The Kier molecular flexibility index (Phi) is 6.74. The van der Waals surface area contributed by atoms with Crippen molar-refractivity contribution in [1.29, 1.82) is 0 Å². The van der Waals surface area contributed by atoms with E-state index in [4.69, 9.17) is 4.74 Å². The SMILES string of the molecule is Cc1nn(C2CCS(=O)(=O)C2)c(C)c1CN(C)C(=O)c1ccccc1OCc1ccc(F)cc1. The van der Waals surface area contributed by atoms with Gasteiger partial charge in [-0.25, -0.2) is 12.8 Å². The molecular formula is C25H28FN3O4S. The highest BCUT2D eigenvalue weighted by atomic mass is 32.2. The summed E-state index contributed by atoms with van der Waals surface area (Å²) in [5, 5.41) is 4.59. The molecule has 2 aromatic carbocycles. The van der Waals surface area contributed by atoms with Gasteiger partial charge in [-0.2, -0.15) is 5.10 Å². The zero-order valence-corrected chi connectivity index (χ0v) is 20.3. The summed E-state index contributed by atoms with van der Waals surface area (Å²) in [6.45, 7) is 4.34. The van der Waals surface area contributed by atoms with E-state index in [0.29, 0.717) is 24.3 Å². The number of aryl methyl sites for hydroxylation is 1. The van der Waals surface area contributed by atoms with E-state index in [2.05, 4.69) is 5.10 Å². The van der Waals surface area contributed by atoms with Crippen molar-refractivity contribution >= 4 is 15.7 Å². The van der Waals surface area contributed by atoms with Gasteiger partial charge in [0, 0.05) is 24.8 Å². The average molecular weight is 486 g/mol. The molecule has 2 heterocycles. The minimum absolute atomic E-state index is 0.0991. The van der Waals surface area contributed by atoms with Crippen molar-refractivity contribution in [3.05, 3.63) is 82.4 Å². The highest BCUT2D eigenvalue weighted by Crippen LogP contribution is 2.28. The first-order chi connectivity index (χ1) is 16.1. The minimum atomic E-state index is -3.03. The molecule has 1 amide bonds. The molecule has 1 aliphatic heterocycles. The van der Waals surface area contributed by atoms with E-state index in [-0.39, 0.29) is 35.9 Å². The number of benzene rings is 2. The van der Waals surface area contributed by atoms with Gasteiger partial charge < -0.3 is 9.64 Å². The highest BCUT2D eigenvalue weighted by Gasteiger charge is 2.31. The van der Waals surface area contributed by atoms with Crippen LogP contribution in [0, 0.1) is 19.7 Å². The predicted octanol–water partition coefficient (Wildman–Crippen LogP) is 3.85. The maximum Gasteiger partial charge on any atom is 0.257 e. The van der Waals surface area contributed by atoms with Crippen LogP contribution in [0.3, 0.4) is 0 Å². The van der Waals surface area contributed by atoms with Gasteiger partial charge in [0.1, 0.15) is 18.2 Å². The fraction of sp³-hybridized carbons (Fsp3) is 0.360. The maximum absolute atomic E-state index is 13.3. The second-order valence-electron chi connectivity index (χ2n) is 8.72. The van der Waals surface area contributed by atoms with E-state index in [1.807, 2.05) is 13.8 Å². The standard InChI is InChI=1S/C25H28FN3O4S/c1-17-23(18(2)29(27-17)21-12-13-34(31,32)16-21)14-28(3)25(30)22-6-4-5-7-24(22)33-15-19-8-10-20(26)11-9-19/h4-11,21H,12-16H2,1-3H3. The number of amides is 1. The number of carbonyl (C=O) groups excluding carboxylic acids is 1. The molecule has 4 rings (SSSR count). The fourth-order valence-electron chi connectivity index (χ4n) is 4.28. The lowest BCUT2D eigenvalue weighted by Crippen LogP contribution is -2.27. The number of nitrogens with zero attached hydrogens (tertiary/aromatic N) is 3. The summed E-state index contributed by atoms with van der Waals surface area (Å²) < 4.78 is 44.6. The Labute approximate surface area is 199 Å². The van der Waals surface area contributed by atoms with Gasteiger partial charge in [0.05, 0.1) is 28.8 Å². The topological polar surface area (TPSA) is 81.5 Å². The van der Waals surface area contributed by atoms with E-state index < -0.39 is 9.84 Å². The van der Waals surface area contributed by atoms with Crippen molar-refractivity contribution in [2.24, 2.45) is 0 Å². The lowest BCUT2D eigenvalue weighted by Gasteiger charge is -2.20. The second-order valence-corrected chi connectivity index (χ2v) is 11.0. The van der Waals surface area contributed by atoms with Crippen LogP contribution in [0.15, 0.2) is 48.5 Å². The molecule has 7 nitrogen and oxygen atoms in total. The Morgan fingerprint density at radius 2 is 1.88 bits per heavy atom. The third kappa shape index (κ3) is 5.14. The molecule has 1 atom stereocenters. The molecular weight excluding hydrogens is 457 g/mol. The van der Waals surface area contributed by atoms with Crippen molar-refractivity contribution in [2.45, 2.75) is 39.5 Å². The number of carbonyl (C=O) groups is 1. The van der Waals surface area contributed by atoms with Crippen LogP contribution >= 0.6 is 0 Å². The molecule has 0 spiro atoms. The van der Waals surface area contributed by atoms with E-state index in [9.17, 15) is 17.6 Å². The zero-order chi connectivity index (χ0) is 24.5. The molecule has 1 fully saturated rings. The number of ether oxygens (including phenoxy) is 1. The highest BCUT2D eigenvalue weighted by molar-refractivity contribution is 7.91. The Bertz CT molecular complexity index is 1300. The largest absolute Gasteiger partial charge is 0.488 e. The van der Waals surface area contributed by atoms with E-state index in [0.717, 1.165) is 22.5 Å². The summed E-state index contributed by atoms with van der Waals surface area (Å²) in [4.78, 5) is 14.9. The number of hydrogen-bond acceptors (Lipinski definition) is 5. The van der Waals surface area contributed by atoms with Crippen molar-refractivity contribution in [2.75, 3.05) is 18.6 Å². The number of rotatable bonds is 7. The van der Waals surface area contributed by atoms with Crippen molar-refractivity contribution in [1.82, 2.24) is 14.7 Å². The summed E-state index contributed by atoms with van der Waals surface area (Å²) in [7, 11) is -1.31. The van der Waals surface area contributed by atoms with Crippen LogP contribution in [-0.4, -0.2) is 47.6 Å². The Hall–Kier alpha value is -3.20. The van der Waals surface area contributed by atoms with Crippen LogP contribution in [0.25, 0.3) is 0 Å². The summed E-state index contributed by atoms with van der Waals surface area (Å²) in [5.41, 5.74) is 3.79. The number of sulfone groups is 1. The number of aromatic nitrogens is 2. The van der Waals surface area contributed by atoms with Crippen molar-refractivity contribution in [3.8, 4) is 5.75 Å². The normalized spacial score (nSPS) is 17.0. The molecule has 1 aliphatic rings. The maximum atomic E-state index is 13.3. The quantitative estimate of drug-likeness (QED) is 0.508. The van der Waals surface area contributed by atoms with Gasteiger partial charge in [-0.1, -0.05) is 24.3 Å².